The number of halogens is 4. The minimum Gasteiger partial charge on any atom is -0.487 e. The molecule has 20 heavy (non-hydrogen) atoms. The second-order valence-corrected chi connectivity index (χ2v) is 6.27. The van der Waals surface area contributed by atoms with E-state index >= 15 is 0 Å². The summed E-state index contributed by atoms with van der Waals surface area (Å²) in [6.07, 6.45) is 0. The average molecular weight is 396 g/mol. The Morgan fingerprint density at radius 2 is 1.75 bits per heavy atom. The predicted molar refractivity (Wildman–Crippen MR) is 87.8 cm³/mol. The van der Waals surface area contributed by atoms with Crippen molar-refractivity contribution in [2.45, 2.75) is 13.2 Å². The Hall–Kier alpha value is -0.450. The zero-order valence-electron chi connectivity index (χ0n) is 10.3. The molecular weight excluding hydrogens is 384 g/mol. The van der Waals surface area contributed by atoms with E-state index in [2.05, 4.69) is 15.9 Å². The Bertz CT molecular complexity index is 634. The van der Waals surface area contributed by atoms with E-state index in [0.29, 0.717) is 34.0 Å². The van der Waals surface area contributed by atoms with Crippen LogP contribution in [0.1, 0.15) is 11.1 Å². The molecule has 0 aliphatic rings. The zero-order chi connectivity index (χ0) is 14.7. The third-order valence-electron chi connectivity index (χ3n) is 2.69. The molecule has 0 aromatic heterocycles. The van der Waals surface area contributed by atoms with E-state index < -0.39 is 0 Å². The van der Waals surface area contributed by atoms with Crippen molar-refractivity contribution in [2.75, 3.05) is 0 Å². The molecule has 0 saturated heterocycles. The van der Waals surface area contributed by atoms with Gasteiger partial charge in [0.2, 0.25) is 0 Å². The van der Waals surface area contributed by atoms with Gasteiger partial charge < -0.3 is 10.5 Å². The smallest absolute Gasteiger partial charge is 0.142 e. The van der Waals surface area contributed by atoms with Crippen LogP contribution in [0.3, 0.4) is 0 Å². The summed E-state index contributed by atoms with van der Waals surface area (Å²) in [5, 5.41) is 1.59. The SMILES string of the molecule is NCc1cc(Cl)cc(Cl)c1OCc1ccc(Br)cc1Cl. The summed E-state index contributed by atoms with van der Waals surface area (Å²) in [7, 11) is 0. The summed E-state index contributed by atoms with van der Waals surface area (Å²) in [5.41, 5.74) is 7.30. The van der Waals surface area contributed by atoms with E-state index in [1.807, 2.05) is 18.2 Å². The number of ether oxygens (including phenoxy) is 1. The molecule has 0 atom stereocenters. The molecule has 0 aliphatic heterocycles. The predicted octanol–water partition coefficient (Wildman–Crippen LogP) is 5.45. The fraction of sp³-hybridized carbons (Fsp3) is 0.143. The van der Waals surface area contributed by atoms with Gasteiger partial charge in [0.15, 0.2) is 0 Å². The van der Waals surface area contributed by atoms with E-state index in [9.17, 15) is 0 Å². The van der Waals surface area contributed by atoms with Crippen molar-refractivity contribution >= 4 is 50.7 Å². The molecule has 0 spiro atoms. The molecule has 0 heterocycles. The maximum atomic E-state index is 6.15. The minimum atomic E-state index is 0.295. The van der Waals surface area contributed by atoms with Gasteiger partial charge in [-0.15, -0.1) is 0 Å². The van der Waals surface area contributed by atoms with E-state index in [-0.39, 0.29) is 0 Å². The van der Waals surface area contributed by atoms with E-state index in [1.165, 1.54) is 0 Å². The van der Waals surface area contributed by atoms with Gasteiger partial charge in [0.05, 0.1) is 5.02 Å². The van der Waals surface area contributed by atoms with Crippen LogP contribution in [0.15, 0.2) is 34.8 Å². The Balaban J connectivity index is 2.22. The molecule has 0 amide bonds. The van der Waals surface area contributed by atoms with E-state index in [4.69, 9.17) is 45.3 Å². The largest absolute Gasteiger partial charge is 0.487 e. The molecule has 2 rings (SSSR count). The fourth-order valence-electron chi connectivity index (χ4n) is 1.72. The van der Waals surface area contributed by atoms with E-state index in [1.54, 1.807) is 12.1 Å². The molecule has 0 radical (unpaired) electrons. The molecule has 2 nitrogen and oxygen atoms in total. The van der Waals surface area contributed by atoms with Gasteiger partial charge in [0, 0.05) is 32.2 Å². The van der Waals surface area contributed by atoms with Gasteiger partial charge in [-0.2, -0.15) is 0 Å². The van der Waals surface area contributed by atoms with Crippen molar-refractivity contribution in [3.8, 4) is 5.75 Å². The van der Waals surface area contributed by atoms with Crippen molar-refractivity contribution in [2.24, 2.45) is 5.73 Å². The molecule has 106 valence electrons. The first kappa shape index (κ1) is 15.9. The monoisotopic (exact) mass is 393 g/mol. The first-order chi connectivity index (χ1) is 9.51. The lowest BCUT2D eigenvalue weighted by molar-refractivity contribution is 0.303. The van der Waals surface area contributed by atoms with E-state index in [0.717, 1.165) is 15.6 Å². The first-order valence-electron chi connectivity index (χ1n) is 5.76. The maximum Gasteiger partial charge on any atom is 0.142 e. The highest BCUT2D eigenvalue weighted by Gasteiger charge is 2.11. The number of hydrogen-bond donors (Lipinski definition) is 1. The molecule has 6 heteroatoms. The Labute approximate surface area is 140 Å². The summed E-state index contributed by atoms with van der Waals surface area (Å²) in [6.45, 7) is 0.601. The van der Waals surface area contributed by atoms with Gasteiger partial charge in [-0.3, -0.25) is 0 Å². The van der Waals surface area contributed by atoms with Crippen LogP contribution < -0.4 is 10.5 Å². The van der Waals surface area contributed by atoms with Gasteiger partial charge in [-0.25, -0.2) is 0 Å². The highest BCUT2D eigenvalue weighted by Crippen LogP contribution is 2.33. The van der Waals surface area contributed by atoms with Gasteiger partial charge in [-0.05, 0) is 24.3 Å². The van der Waals surface area contributed by atoms with Gasteiger partial charge >= 0.3 is 0 Å². The summed E-state index contributed by atoms with van der Waals surface area (Å²) >= 11 is 21.6. The van der Waals surface area contributed by atoms with Crippen LogP contribution in [-0.2, 0) is 13.2 Å². The van der Waals surface area contributed by atoms with Gasteiger partial charge in [-0.1, -0.05) is 56.8 Å². The lowest BCUT2D eigenvalue weighted by Crippen LogP contribution is -2.04. The number of benzene rings is 2. The molecule has 2 N–H and O–H groups in total. The van der Waals surface area contributed by atoms with Crippen molar-refractivity contribution in [1.29, 1.82) is 0 Å². The lowest BCUT2D eigenvalue weighted by atomic mass is 10.2. The summed E-state index contributed by atoms with van der Waals surface area (Å²) in [6, 6.07) is 8.97. The fourth-order valence-corrected chi connectivity index (χ4v) is 3.03. The van der Waals surface area contributed by atoms with Crippen molar-refractivity contribution in [1.82, 2.24) is 0 Å². The normalized spacial score (nSPS) is 10.7. The molecule has 0 unspecified atom stereocenters. The molecule has 2 aromatic rings. The van der Waals surface area contributed by atoms with Crippen LogP contribution in [-0.4, -0.2) is 0 Å². The molecule has 0 saturated carbocycles. The molecule has 0 fully saturated rings. The summed E-state index contributed by atoms with van der Waals surface area (Å²) in [5.74, 6) is 0.539. The van der Waals surface area contributed by atoms with Crippen molar-refractivity contribution in [3.05, 3.63) is 61.0 Å². The van der Waals surface area contributed by atoms with Crippen LogP contribution in [0.5, 0.6) is 5.75 Å². The highest BCUT2D eigenvalue weighted by molar-refractivity contribution is 9.10. The molecule has 0 bridgehead atoms. The Kier molecular flexibility index (Phi) is 5.58. The Morgan fingerprint density at radius 3 is 2.40 bits per heavy atom. The zero-order valence-corrected chi connectivity index (χ0v) is 14.2. The quantitative estimate of drug-likeness (QED) is 0.747. The molecular formula is C14H11BrCl3NO. The summed E-state index contributed by atoms with van der Waals surface area (Å²) < 4.78 is 6.67. The third kappa shape index (κ3) is 3.80. The van der Waals surface area contributed by atoms with Gasteiger partial charge in [0.25, 0.3) is 0 Å². The third-order valence-corrected chi connectivity index (χ3v) is 4.04. The molecule has 2 aromatic carbocycles. The van der Waals surface area contributed by atoms with Gasteiger partial charge in [0.1, 0.15) is 12.4 Å². The lowest BCUT2D eigenvalue weighted by Gasteiger charge is -2.13. The molecule has 0 aliphatic carbocycles. The Morgan fingerprint density at radius 1 is 1.00 bits per heavy atom. The number of hydrogen-bond acceptors (Lipinski definition) is 2. The second kappa shape index (κ2) is 7.01. The topological polar surface area (TPSA) is 35.2 Å². The van der Waals surface area contributed by atoms with Crippen LogP contribution in [0.2, 0.25) is 15.1 Å². The van der Waals surface area contributed by atoms with Crippen LogP contribution >= 0.6 is 50.7 Å². The number of rotatable bonds is 4. The standard InChI is InChI=1S/C14H11BrCl3NO/c15-10-2-1-8(12(17)4-10)7-20-14-9(6-19)3-11(16)5-13(14)18/h1-5H,6-7,19H2. The second-order valence-electron chi connectivity index (χ2n) is 4.10. The number of nitrogens with two attached hydrogens (primary N) is 1. The maximum absolute atomic E-state index is 6.15. The minimum absolute atomic E-state index is 0.295. The average Bonchev–Trinajstić information content (AvgIpc) is 2.38. The van der Waals surface area contributed by atoms with Crippen LogP contribution in [0, 0.1) is 0 Å². The first-order valence-corrected chi connectivity index (χ1v) is 7.68. The highest BCUT2D eigenvalue weighted by atomic mass is 79.9. The van der Waals surface area contributed by atoms with Crippen molar-refractivity contribution in [3.63, 3.8) is 0 Å². The van der Waals surface area contributed by atoms with Crippen LogP contribution in [0.4, 0.5) is 0 Å². The van der Waals surface area contributed by atoms with Crippen molar-refractivity contribution < 1.29 is 4.74 Å². The van der Waals surface area contributed by atoms with Crippen LogP contribution in [0.25, 0.3) is 0 Å². The summed E-state index contributed by atoms with van der Waals surface area (Å²) in [4.78, 5) is 0.